The third-order valence-corrected chi connectivity index (χ3v) is 6.87. The monoisotopic (exact) mass is 532 g/mol. The molecule has 37 heavy (non-hydrogen) atoms. The van der Waals surface area contributed by atoms with Crippen LogP contribution in [-0.4, -0.2) is 28.4 Å². The molecule has 2 heterocycles. The fourth-order valence-corrected chi connectivity index (χ4v) is 5.19. The second-order valence-electron chi connectivity index (χ2n) is 8.78. The van der Waals surface area contributed by atoms with Crippen LogP contribution in [-0.2, 0) is 11.3 Å². The van der Waals surface area contributed by atoms with Gasteiger partial charge in [0, 0.05) is 27.7 Å². The number of ether oxygens (including phenoxy) is 2. The standard InChI is InChI=1S/C29H25ClN2O4S/c1-19(2)36-24-12-10-23(11-13-24)35-15-14-31-18-20(25-8-3-4-9-26(25)31)16-27-28(33)32(29(34)37-27)22-7-5-6-21(30)17-22/h3-13,16-19H,14-15H2,1-2H3/b27-16-. The van der Waals surface area contributed by atoms with E-state index in [1.54, 1.807) is 30.3 Å². The number of nitrogens with zero attached hydrogens (tertiary/aromatic N) is 2. The normalized spacial score (nSPS) is 14.8. The maximum Gasteiger partial charge on any atom is 0.298 e. The number of halogens is 1. The molecule has 1 aromatic heterocycles. The molecule has 0 spiro atoms. The Hall–Kier alpha value is -3.68. The van der Waals surface area contributed by atoms with Crippen LogP contribution in [0.2, 0.25) is 5.02 Å². The Kier molecular flexibility index (Phi) is 7.26. The molecule has 188 valence electrons. The summed E-state index contributed by atoms with van der Waals surface area (Å²) >= 11 is 7.00. The predicted molar refractivity (Wildman–Crippen MR) is 150 cm³/mol. The molecule has 0 atom stereocenters. The van der Waals surface area contributed by atoms with Gasteiger partial charge in [-0.1, -0.05) is 35.9 Å². The van der Waals surface area contributed by atoms with Crippen LogP contribution in [0.25, 0.3) is 17.0 Å². The summed E-state index contributed by atoms with van der Waals surface area (Å²) in [5.41, 5.74) is 2.34. The Bertz CT molecular complexity index is 1490. The summed E-state index contributed by atoms with van der Waals surface area (Å²) in [6.45, 7) is 5.06. The predicted octanol–water partition coefficient (Wildman–Crippen LogP) is 7.40. The quantitative estimate of drug-likeness (QED) is 0.221. The van der Waals surface area contributed by atoms with Gasteiger partial charge in [0.2, 0.25) is 0 Å². The van der Waals surface area contributed by atoms with Gasteiger partial charge in [0.1, 0.15) is 18.1 Å². The summed E-state index contributed by atoms with van der Waals surface area (Å²) in [5.74, 6) is 1.22. The number of hydrogen-bond acceptors (Lipinski definition) is 5. The van der Waals surface area contributed by atoms with Gasteiger partial charge in [-0.3, -0.25) is 9.59 Å². The van der Waals surface area contributed by atoms with Crippen molar-refractivity contribution in [2.24, 2.45) is 0 Å². The zero-order chi connectivity index (χ0) is 25.9. The number of amides is 2. The van der Waals surface area contributed by atoms with E-state index in [9.17, 15) is 9.59 Å². The number of benzene rings is 3. The van der Waals surface area contributed by atoms with Crippen molar-refractivity contribution in [3.05, 3.63) is 94.5 Å². The summed E-state index contributed by atoms with van der Waals surface area (Å²) in [5, 5.41) is 1.11. The number of anilines is 1. The average Bonchev–Trinajstić information content (AvgIpc) is 3.36. The number of carbonyl (C=O) groups is 2. The summed E-state index contributed by atoms with van der Waals surface area (Å²) in [6, 6.07) is 22.3. The van der Waals surface area contributed by atoms with Gasteiger partial charge in [-0.2, -0.15) is 0 Å². The van der Waals surface area contributed by atoms with Crippen molar-refractivity contribution in [1.29, 1.82) is 0 Å². The maximum absolute atomic E-state index is 13.1. The number of imide groups is 1. The minimum absolute atomic E-state index is 0.119. The largest absolute Gasteiger partial charge is 0.492 e. The lowest BCUT2D eigenvalue weighted by atomic mass is 10.1. The minimum Gasteiger partial charge on any atom is -0.492 e. The van der Waals surface area contributed by atoms with Crippen molar-refractivity contribution in [2.75, 3.05) is 11.5 Å². The second-order valence-corrected chi connectivity index (χ2v) is 10.2. The fourth-order valence-electron chi connectivity index (χ4n) is 4.17. The lowest BCUT2D eigenvalue weighted by Crippen LogP contribution is -2.27. The fraction of sp³-hybridized carbons (Fsp3) is 0.172. The van der Waals surface area contributed by atoms with Crippen LogP contribution in [0.15, 0.2) is 83.9 Å². The molecule has 1 fully saturated rings. The smallest absolute Gasteiger partial charge is 0.298 e. The molecule has 6 nitrogen and oxygen atoms in total. The Morgan fingerprint density at radius 3 is 2.49 bits per heavy atom. The summed E-state index contributed by atoms with van der Waals surface area (Å²) < 4.78 is 13.7. The van der Waals surface area contributed by atoms with E-state index in [1.165, 1.54) is 0 Å². The molecular weight excluding hydrogens is 508 g/mol. The average molecular weight is 533 g/mol. The van der Waals surface area contributed by atoms with Gasteiger partial charge < -0.3 is 14.0 Å². The van der Waals surface area contributed by atoms with Crippen LogP contribution in [0.4, 0.5) is 10.5 Å². The van der Waals surface area contributed by atoms with Crippen LogP contribution in [0, 0.1) is 0 Å². The summed E-state index contributed by atoms with van der Waals surface area (Å²) in [4.78, 5) is 27.3. The van der Waals surface area contributed by atoms with Crippen molar-refractivity contribution < 1.29 is 19.1 Å². The van der Waals surface area contributed by atoms with Crippen molar-refractivity contribution in [1.82, 2.24) is 4.57 Å². The van der Waals surface area contributed by atoms with Gasteiger partial charge in [-0.15, -0.1) is 0 Å². The molecule has 4 aromatic rings. The first-order valence-corrected chi connectivity index (χ1v) is 13.1. The number of hydrogen-bond donors (Lipinski definition) is 0. The van der Waals surface area contributed by atoms with Crippen LogP contribution in [0.5, 0.6) is 11.5 Å². The number of para-hydroxylation sites is 1. The van der Waals surface area contributed by atoms with E-state index in [4.69, 9.17) is 21.1 Å². The van der Waals surface area contributed by atoms with Crippen LogP contribution >= 0.6 is 23.4 Å². The molecule has 0 N–H and O–H groups in total. The van der Waals surface area contributed by atoms with Gasteiger partial charge in [-0.25, -0.2) is 4.90 Å². The highest BCUT2D eigenvalue weighted by molar-refractivity contribution is 8.19. The van der Waals surface area contributed by atoms with Gasteiger partial charge in [0.15, 0.2) is 0 Å². The molecule has 2 amide bonds. The Labute approximate surface area is 224 Å². The molecule has 0 aliphatic carbocycles. The van der Waals surface area contributed by atoms with E-state index in [2.05, 4.69) is 4.57 Å². The zero-order valence-corrected chi connectivity index (χ0v) is 22.0. The molecule has 0 bridgehead atoms. The molecule has 1 aliphatic heterocycles. The molecule has 0 unspecified atom stereocenters. The molecule has 1 aliphatic rings. The highest BCUT2D eigenvalue weighted by atomic mass is 35.5. The zero-order valence-electron chi connectivity index (χ0n) is 20.4. The Morgan fingerprint density at radius 1 is 0.973 bits per heavy atom. The highest BCUT2D eigenvalue weighted by Gasteiger charge is 2.36. The molecule has 1 saturated heterocycles. The second kappa shape index (κ2) is 10.7. The number of fused-ring (bicyclic) bond motifs is 1. The van der Waals surface area contributed by atoms with Crippen LogP contribution in [0.1, 0.15) is 19.4 Å². The van der Waals surface area contributed by atoms with E-state index in [-0.39, 0.29) is 17.3 Å². The van der Waals surface area contributed by atoms with Crippen molar-refractivity contribution in [3.63, 3.8) is 0 Å². The molecule has 8 heteroatoms. The Morgan fingerprint density at radius 2 is 1.73 bits per heavy atom. The van der Waals surface area contributed by atoms with Gasteiger partial charge >= 0.3 is 0 Å². The lowest BCUT2D eigenvalue weighted by molar-refractivity contribution is -0.113. The maximum atomic E-state index is 13.1. The van der Waals surface area contributed by atoms with E-state index in [1.807, 2.05) is 68.6 Å². The molecular formula is C29H25ClN2O4S. The van der Waals surface area contributed by atoms with Gasteiger partial charge in [0.05, 0.1) is 23.2 Å². The first kappa shape index (κ1) is 25.0. The molecule has 0 radical (unpaired) electrons. The number of thioether (sulfide) groups is 1. The number of carbonyl (C=O) groups excluding carboxylic acids is 2. The molecule has 5 rings (SSSR count). The van der Waals surface area contributed by atoms with E-state index in [0.29, 0.717) is 28.8 Å². The van der Waals surface area contributed by atoms with Crippen molar-refractivity contribution in [2.45, 2.75) is 26.5 Å². The SMILES string of the molecule is CC(C)Oc1ccc(OCCn2cc(/C=C3\SC(=O)N(c4cccc(Cl)c4)C3=O)c3ccccc32)cc1. The number of aromatic nitrogens is 1. The topological polar surface area (TPSA) is 60.8 Å². The van der Waals surface area contributed by atoms with Crippen molar-refractivity contribution >= 4 is 57.2 Å². The van der Waals surface area contributed by atoms with Gasteiger partial charge in [-0.05, 0) is 80.2 Å². The summed E-state index contributed by atoms with van der Waals surface area (Å²) in [6.07, 6.45) is 3.89. The van der Waals surface area contributed by atoms with E-state index >= 15 is 0 Å². The van der Waals surface area contributed by atoms with E-state index in [0.717, 1.165) is 44.6 Å². The third kappa shape index (κ3) is 5.53. The van der Waals surface area contributed by atoms with Crippen molar-refractivity contribution in [3.8, 4) is 11.5 Å². The number of rotatable bonds is 8. The molecule has 0 saturated carbocycles. The Balaban J connectivity index is 1.34. The minimum atomic E-state index is -0.359. The highest BCUT2D eigenvalue weighted by Crippen LogP contribution is 2.37. The van der Waals surface area contributed by atoms with E-state index < -0.39 is 0 Å². The molecule has 3 aromatic carbocycles. The van der Waals surface area contributed by atoms with Crippen LogP contribution < -0.4 is 14.4 Å². The first-order valence-electron chi connectivity index (χ1n) is 11.9. The van der Waals surface area contributed by atoms with Crippen LogP contribution in [0.3, 0.4) is 0 Å². The first-order chi connectivity index (χ1) is 17.9. The summed E-state index contributed by atoms with van der Waals surface area (Å²) in [7, 11) is 0. The third-order valence-electron chi connectivity index (χ3n) is 5.76. The van der Waals surface area contributed by atoms with Gasteiger partial charge in [0.25, 0.3) is 11.1 Å². The lowest BCUT2D eigenvalue weighted by Gasteiger charge is -2.12.